The number of methoxy groups -OCH3 is 1. The summed E-state index contributed by atoms with van der Waals surface area (Å²) in [4.78, 5) is 46.5. The van der Waals surface area contributed by atoms with E-state index in [-0.39, 0.29) is 41.7 Å². The summed E-state index contributed by atoms with van der Waals surface area (Å²) < 4.78 is 9.97. The highest BCUT2D eigenvalue weighted by molar-refractivity contribution is 6.32. The van der Waals surface area contributed by atoms with E-state index >= 15 is 0 Å². The third-order valence-corrected chi connectivity index (χ3v) is 5.06. The summed E-state index contributed by atoms with van der Waals surface area (Å²) in [6, 6.07) is 4.43. The molecule has 0 heterocycles. The lowest BCUT2D eigenvalue weighted by molar-refractivity contribution is -0.490. The summed E-state index contributed by atoms with van der Waals surface area (Å²) in [5.41, 5.74) is 0.255. The zero-order chi connectivity index (χ0) is 20.1. The van der Waals surface area contributed by atoms with E-state index in [4.69, 9.17) is 21.1 Å². The van der Waals surface area contributed by atoms with Gasteiger partial charge in [0, 0.05) is 28.7 Å². The molecule has 0 spiro atoms. The molecule has 1 fully saturated rings. The summed E-state index contributed by atoms with van der Waals surface area (Å²) in [5, 5.41) is 11.1. The van der Waals surface area contributed by atoms with Crippen molar-refractivity contribution in [2.75, 3.05) is 20.3 Å². The van der Waals surface area contributed by atoms with Crippen LogP contribution in [-0.2, 0) is 14.3 Å². The molecular weight excluding hydrogens is 378 g/mol. The molecule has 0 amide bonds. The summed E-state index contributed by atoms with van der Waals surface area (Å²) in [7, 11) is 1.45. The van der Waals surface area contributed by atoms with Gasteiger partial charge in [-0.1, -0.05) is 18.5 Å². The van der Waals surface area contributed by atoms with Gasteiger partial charge in [-0.3, -0.25) is 24.5 Å². The predicted octanol–water partition coefficient (Wildman–Crippen LogP) is 2.58. The highest BCUT2D eigenvalue weighted by Crippen LogP contribution is 2.36. The molecule has 1 aliphatic carbocycles. The Morgan fingerprint density at radius 1 is 1.37 bits per heavy atom. The van der Waals surface area contributed by atoms with E-state index in [2.05, 4.69) is 0 Å². The third kappa shape index (κ3) is 5.26. The highest BCUT2D eigenvalue weighted by Gasteiger charge is 2.44. The Hall–Kier alpha value is -2.48. The first kappa shape index (κ1) is 20.8. The number of esters is 1. The summed E-state index contributed by atoms with van der Waals surface area (Å²) in [6.45, 7) is 0.889. The minimum atomic E-state index is -0.747. The van der Waals surface area contributed by atoms with E-state index in [1.807, 2.05) is 0 Å². The van der Waals surface area contributed by atoms with Crippen molar-refractivity contribution < 1.29 is 28.8 Å². The Bertz CT molecular complexity index is 764. The second-order valence-corrected chi connectivity index (χ2v) is 6.98. The summed E-state index contributed by atoms with van der Waals surface area (Å²) in [5.74, 6) is -2.37. The molecule has 0 unspecified atom stereocenters. The Labute approximate surface area is 160 Å². The molecular formula is C18H20ClNO7. The average Bonchev–Trinajstić information content (AvgIpc) is 2.86. The van der Waals surface area contributed by atoms with E-state index < -0.39 is 35.1 Å². The van der Waals surface area contributed by atoms with Crippen molar-refractivity contribution in [1.82, 2.24) is 0 Å². The fraction of sp³-hybridized carbons (Fsp3) is 0.500. The summed E-state index contributed by atoms with van der Waals surface area (Å²) >= 11 is 5.96. The van der Waals surface area contributed by atoms with Crippen LogP contribution >= 0.6 is 11.6 Å². The van der Waals surface area contributed by atoms with Crippen LogP contribution in [0.15, 0.2) is 18.2 Å². The Morgan fingerprint density at radius 2 is 2.07 bits per heavy atom. The lowest BCUT2D eigenvalue weighted by Gasteiger charge is -2.17. The molecule has 1 saturated carbocycles. The van der Waals surface area contributed by atoms with Gasteiger partial charge in [-0.25, -0.2) is 0 Å². The van der Waals surface area contributed by atoms with Crippen molar-refractivity contribution in [3.8, 4) is 5.75 Å². The van der Waals surface area contributed by atoms with Gasteiger partial charge in [0.25, 0.3) is 0 Å². The van der Waals surface area contributed by atoms with Gasteiger partial charge < -0.3 is 9.47 Å². The lowest BCUT2D eigenvalue weighted by Crippen LogP contribution is -2.28. The molecule has 0 N–H and O–H groups in total. The number of ether oxygens (including phenoxy) is 2. The first-order valence-electron chi connectivity index (χ1n) is 8.39. The summed E-state index contributed by atoms with van der Waals surface area (Å²) in [6.07, 6.45) is -0.0575. The monoisotopic (exact) mass is 397 g/mol. The third-order valence-electron chi connectivity index (χ3n) is 4.77. The zero-order valence-corrected chi connectivity index (χ0v) is 15.7. The first-order valence-corrected chi connectivity index (χ1v) is 8.77. The lowest BCUT2D eigenvalue weighted by atomic mass is 9.88. The Morgan fingerprint density at radius 3 is 2.67 bits per heavy atom. The standard InChI is InChI=1S/C18H20ClNO7/c1-10-5-15(21)12(13(10)8-20(24)25)7-18(23)27-9-16(22)11-3-4-17(26-2)14(19)6-11/h3-4,6,10,12-13H,5,7-9H2,1-2H3/t10-,12+,13-/m1/s1. The number of nitrogens with zero attached hydrogens (tertiary/aromatic N) is 1. The molecule has 0 aromatic heterocycles. The number of benzene rings is 1. The number of rotatable bonds is 8. The minimum absolute atomic E-state index is 0.163. The average molecular weight is 398 g/mol. The number of Topliss-reactive ketones (excluding diaryl/α,β-unsaturated/α-hetero) is 2. The van der Waals surface area contributed by atoms with Crippen molar-refractivity contribution in [3.05, 3.63) is 38.9 Å². The normalized spacial score (nSPS) is 21.7. The van der Waals surface area contributed by atoms with Crippen LogP contribution in [-0.4, -0.2) is 42.7 Å². The fourth-order valence-electron chi connectivity index (χ4n) is 3.31. The van der Waals surface area contributed by atoms with Crippen LogP contribution in [0.4, 0.5) is 0 Å². The minimum Gasteiger partial charge on any atom is -0.495 e. The number of carbonyl (C=O) groups excluding carboxylic acids is 3. The quantitative estimate of drug-likeness (QED) is 0.286. The number of hydrogen-bond donors (Lipinski definition) is 0. The molecule has 1 aromatic rings. The Kier molecular flexibility index (Phi) is 6.90. The number of halogens is 1. The molecule has 1 aromatic carbocycles. The van der Waals surface area contributed by atoms with Crippen LogP contribution in [0.25, 0.3) is 0 Å². The molecule has 0 aliphatic heterocycles. The van der Waals surface area contributed by atoms with Crippen LogP contribution in [0.5, 0.6) is 5.75 Å². The SMILES string of the molecule is COc1ccc(C(=O)COC(=O)C[C@@H]2C(=O)C[C@@H](C)[C@H]2C[N+](=O)[O-])cc1Cl. The number of ketones is 2. The predicted molar refractivity (Wildman–Crippen MR) is 95.5 cm³/mol. The Balaban J connectivity index is 1.93. The van der Waals surface area contributed by atoms with Crippen LogP contribution in [0.1, 0.15) is 30.1 Å². The number of nitro groups is 1. The van der Waals surface area contributed by atoms with Crippen LogP contribution in [0.3, 0.4) is 0 Å². The second-order valence-electron chi connectivity index (χ2n) is 6.57. The van der Waals surface area contributed by atoms with Crippen molar-refractivity contribution in [2.45, 2.75) is 19.8 Å². The van der Waals surface area contributed by atoms with Crippen molar-refractivity contribution in [1.29, 1.82) is 0 Å². The van der Waals surface area contributed by atoms with Gasteiger partial charge in [-0.15, -0.1) is 0 Å². The number of hydrogen-bond acceptors (Lipinski definition) is 7. The van der Waals surface area contributed by atoms with Gasteiger partial charge in [0.1, 0.15) is 11.5 Å². The maximum atomic E-state index is 12.1. The molecule has 146 valence electrons. The molecule has 3 atom stereocenters. The van der Waals surface area contributed by atoms with E-state index in [0.29, 0.717) is 5.75 Å². The van der Waals surface area contributed by atoms with Crippen molar-refractivity contribution >= 4 is 29.1 Å². The maximum absolute atomic E-state index is 12.1. The molecule has 2 rings (SSSR count). The van der Waals surface area contributed by atoms with Gasteiger partial charge >= 0.3 is 5.97 Å². The molecule has 0 saturated heterocycles. The second kappa shape index (κ2) is 8.94. The van der Waals surface area contributed by atoms with Crippen LogP contribution in [0.2, 0.25) is 5.02 Å². The van der Waals surface area contributed by atoms with Gasteiger partial charge in [-0.05, 0) is 24.1 Å². The molecule has 9 heteroatoms. The van der Waals surface area contributed by atoms with Gasteiger partial charge in [0.2, 0.25) is 6.54 Å². The van der Waals surface area contributed by atoms with Gasteiger partial charge in [0.05, 0.1) is 18.6 Å². The molecule has 8 nitrogen and oxygen atoms in total. The van der Waals surface area contributed by atoms with Gasteiger partial charge in [0.15, 0.2) is 12.4 Å². The molecule has 0 radical (unpaired) electrons. The van der Waals surface area contributed by atoms with E-state index in [1.54, 1.807) is 6.92 Å². The highest BCUT2D eigenvalue weighted by atomic mass is 35.5. The number of carbonyl (C=O) groups is 3. The maximum Gasteiger partial charge on any atom is 0.306 e. The molecule has 27 heavy (non-hydrogen) atoms. The topological polar surface area (TPSA) is 113 Å². The van der Waals surface area contributed by atoms with Crippen LogP contribution < -0.4 is 4.74 Å². The van der Waals surface area contributed by atoms with Crippen LogP contribution in [0, 0.1) is 27.9 Å². The van der Waals surface area contributed by atoms with E-state index in [1.165, 1.54) is 25.3 Å². The van der Waals surface area contributed by atoms with E-state index in [0.717, 1.165) is 0 Å². The van der Waals surface area contributed by atoms with Crippen molar-refractivity contribution in [2.24, 2.45) is 17.8 Å². The van der Waals surface area contributed by atoms with Crippen molar-refractivity contribution in [3.63, 3.8) is 0 Å². The smallest absolute Gasteiger partial charge is 0.306 e. The zero-order valence-electron chi connectivity index (χ0n) is 15.0. The fourth-order valence-corrected chi connectivity index (χ4v) is 3.57. The van der Waals surface area contributed by atoms with E-state index in [9.17, 15) is 24.5 Å². The first-order chi connectivity index (χ1) is 12.7. The van der Waals surface area contributed by atoms with Gasteiger partial charge in [-0.2, -0.15) is 0 Å². The largest absolute Gasteiger partial charge is 0.495 e. The molecule has 0 bridgehead atoms. The molecule has 1 aliphatic rings.